The number of thiophene rings is 1. The Morgan fingerprint density at radius 2 is 1.91 bits per heavy atom. The molecule has 6 heteroatoms. The Kier molecular flexibility index (Phi) is 10.5. The average molecular weight is 444 g/mol. The second-order valence-electron chi connectivity index (χ2n) is 4.90. The average Bonchev–Trinajstić information content (AvgIpc) is 3.06. The van der Waals surface area contributed by atoms with E-state index in [2.05, 4.69) is 56.8 Å². The summed E-state index contributed by atoms with van der Waals surface area (Å²) in [6, 6.07) is 12.4. The Morgan fingerprint density at radius 3 is 2.61 bits per heavy atom. The van der Waals surface area contributed by atoms with Crippen LogP contribution in [0.4, 0.5) is 5.69 Å². The van der Waals surface area contributed by atoms with Gasteiger partial charge in [-0.1, -0.05) is 18.2 Å². The van der Waals surface area contributed by atoms with Crippen LogP contribution in [0.3, 0.4) is 0 Å². The van der Waals surface area contributed by atoms with Crippen LogP contribution in [0.15, 0.2) is 52.2 Å². The molecule has 0 saturated heterocycles. The Hall–Kier alpha value is -1.28. The maximum absolute atomic E-state index is 4.59. The molecule has 0 spiro atoms. The molecule has 2 aromatic rings. The number of benzene rings is 1. The number of para-hydroxylation sites is 1. The number of rotatable bonds is 8. The summed E-state index contributed by atoms with van der Waals surface area (Å²) in [5, 5.41) is 14.3. The van der Waals surface area contributed by atoms with Crippen LogP contribution in [0.5, 0.6) is 0 Å². The minimum absolute atomic E-state index is 0. The maximum atomic E-state index is 4.59. The lowest BCUT2D eigenvalue weighted by molar-refractivity contribution is 0.765. The first-order valence-corrected chi connectivity index (χ1v) is 8.65. The number of halogens is 1. The van der Waals surface area contributed by atoms with Crippen LogP contribution in [0, 0.1) is 0 Å². The van der Waals surface area contributed by atoms with Gasteiger partial charge in [-0.05, 0) is 47.9 Å². The van der Waals surface area contributed by atoms with Gasteiger partial charge in [0, 0.05) is 25.3 Å². The molecular formula is C17H25IN4S. The molecule has 1 aromatic carbocycles. The highest BCUT2D eigenvalue weighted by Gasteiger charge is 1.97. The van der Waals surface area contributed by atoms with Crippen molar-refractivity contribution in [1.82, 2.24) is 10.6 Å². The SMILES string of the molecule is CCNC(=NCc1ccsc1)NCCCNc1ccccc1.I. The van der Waals surface area contributed by atoms with Crippen LogP contribution >= 0.6 is 35.3 Å². The molecule has 0 aliphatic rings. The zero-order valence-electron chi connectivity index (χ0n) is 13.4. The second kappa shape index (κ2) is 12.2. The number of aliphatic imine (C=N–C) groups is 1. The van der Waals surface area contributed by atoms with Gasteiger partial charge < -0.3 is 16.0 Å². The van der Waals surface area contributed by atoms with Crippen molar-refractivity contribution in [3.8, 4) is 0 Å². The summed E-state index contributed by atoms with van der Waals surface area (Å²) in [6.45, 7) is 5.52. The Bertz CT molecular complexity index is 543. The van der Waals surface area contributed by atoms with E-state index in [1.54, 1.807) is 11.3 Å². The largest absolute Gasteiger partial charge is 0.385 e. The van der Waals surface area contributed by atoms with Crippen LogP contribution in [0.25, 0.3) is 0 Å². The molecule has 0 aliphatic heterocycles. The summed E-state index contributed by atoms with van der Waals surface area (Å²) < 4.78 is 0. The van der Waals surface area contributed by atoms with E-state index in [-0.39, 0.29) is 24.0 Å². The van der Waals surface area contributed by atoms with Gasteiger partial charge in [0.2, 0.25) is 0 Å². The maximum Gasteiger partial charge on any atom is 0.191 e. The standard InChI is InChI=1S/C17H24N4S.HI/c1-2-18-17(21-13-15-9-12-22-14-15)20-11-6-10-19-16-7-4-3-5-8-16;/h3-5,7-9,12,14,19H,2,6,10-11,13H2,1H3,(H2,18,20,21);1H. The molecule has 0 fully saturated rings. The van der Waals surface area contributed by atoms with E-state index in [1.807, 2.05) is 18.2 Å². The van der Waals surface area contributed by atoms with Crippen LogP contribution < -0.4 is 16.0 Å². The molecule has 2 rings (SSSR count). The van der Waals surface area contributed by atoms with Crippen LogP contribution in [-0.4, -0.2) is 25.6 Å². The monoisotopic (exact) mass is 444 g/mol. The fraction of sp³-hybridized carbons (Fsp3) is 0.353. The number of hydrogen-bond acceptors (Lipinski definition) is 3. The zero-order chi connectivity index (χ0) is 15.5. The Labute approximate surface area is 159 Å². The lowest BCUT2D eigenvalue weighted by Gasteiger charge is -2.11. The van der Waals surface area contributed by atoms with E-state index in [4.69, 9.17) is 0 Å². The van der Waals surface area contributed by atoms with Crippen LogP contribution in [0.2, 0.25) is 0 Å². The van der Waals surface area contributed by atoms with Gasteiger partial charge in [-0.25, -0.2) is 4.99 Å². The first-order valence-electron chi connectivity index (χ1n) is 7.70. The van der Waals surface area contributed by atoms with Gasteiger partial charge >= 0.3 is 0 Å². The van der Waals surface area contributed by atoms with Gasteiger partial charge in [0.1, 0.15) is 0 Å². The highest BCUT2D eigenvalue weighted by atomic mass is 127. The van der Waals surface area contributed by atoms with E-state index >= 15 is 0 Å². The van der Waals surface area contributed by atoms with E-state index in [0.29, 0.717) is 0 Å². The minimum Gasteiger partial charge on any atom is -0.385 e. The molecule has 23 heavy (non-hydrogen) atoms. The van der Waals surface area contributed by atoms with Crippen molar-refractivity contribution in [3.05, 3.63) is 52.7 Å². The second-order valence-corrected chi connectivity index (χ2v) is 5.68. The van der Waals surface area contributed by atoms with Gasteiger partial charge in [-0.2, -0.15) is 11.3 Å². The minimum atomic E-state index is 0. The highest BCUT2D eigenvalue weighted by Crippen LogP contribution is 2.06. The third kappa shape index (κ3) is 8.22. The van der Waals surface area contributed by atoms with Crippen molar-refractivity contribution in [2.24, 2.45) is 4.99 Å². The Morgan fingerprint density at radius 1 is 1.09 bits per heavy atom. The van der Waals surface area contributed by atoms with Crippen LogP contribution in [-0.2, 0) is 6.54 Å². The fourth-order valence-corrected chi connectivity index (χ4v) is 2.64. The molecule has 0 radical (unpaired) electrons. The summed E-state index contributed by atoms with van der Waals surface area (Å²) in [5.41, 5.74) is 2.42. The molecule has 0 atom stereocenters. The van der Waals surface area contributed by atoms with Crippen LogP contribution in [0.1, 0.15) is 18.9 Å². The molecule has 0 aliphatic carbocycles. The van der Waals surface area contributed by atoms with Gasteiger partial charge in [-0.3, -0.25) is 0 Å². The van der Waals surface area contributed by atoms with Crippen molar-refractivity contribution in [2.75, 3.05) is 25.0 Å². The predicted octanol–water partition coefficient (Wildman–Crippen LogP) is 3.92. The lowest BCUT2D eigenvalue weighted by atomic mass is 10.3. The first kappa shape index (κ1) is 19.8. The number of hydrogen-bond donors (Lipinski definition) is 3. The zero-order valence-corrected chi connectivity index (χ0v) is 16.6. The molecular weight excluding hydrogens is 419 g/mol. The molecule has 0 bridgehead atoms. The topological polar surface area (TPSA) is 48.5 Å². The van der Waals surface area contributed by atoms with E-state index in [0.717, 1.165) is 38.6 Å². The van der Waals surface area contributed by atoms with Crippen molar-refractivity contribution >= 4 is 47.0 Å². The van der Waals surface area contributed by atoms with Crippen molar-refractivity contribution in [3.63, 3.8) is 0 Å². The quantitative estimate of drug-likeness (QED) is 0.250. The van der Waals surface area contributed by atoms with Crippen molar-refractivity contribution in [2.45, 2.75) is 19.9 Å². The highest BCUT2D eigenvalue weighted by molar-refractivity contribution is 14.0. The third-order valence-electron chi connectivity index (χ3n) is 3.09. The molecule has 0 amide bonds. The van der Waals surface area contributed by atoms with Gasteiger partial charge in [0.25, 0.3) is 0 Å². The smallest absolute Gasteiger partial charge is 0.191 e. The molecule has 3 N–H and O–H groups in total. The molecule has 4 nitrogen and oxygen atoms in total. The molecule has 0 saturated carbocycles. The molecule has 1 heterocycles. The number of nitrogens with one attached hydrogen (secondary N) is 3. The molecule has 0 unspecified atom stereocenters. The van der Waals surface area contributed by atoms with Gasteiger partial charge in [0.15, 0.2) is 5.96 Å². The summed E-state index contributed by atoms with van der Waals surface area (Å²) in [7, 11) is 0. The van der Waals surface area contributed by atoms with E-state index < -0.39 is 0 Å². The van der Waals surface area contributed by atoms with Gasteiger partial charge in [-0.15, -0.1) is 24.0 Å². The summed E-state index contributed by atoms with van der Waals surface area (Å²) in [6.07, 6.45) is 1.04. The fourth-order valence-electron chi connectivity index (χ4n) is 1.98. The molecule has 1 aromatic heterocycles. The Balaban J connectivity index is 0.00000264. The van der Waals surface area contributed by atoms with Crippen molar-refractivity contribution in [1.29, 1.82) is 0 Å². The lowest BCUT2D eigenvalue weighted by Crippen LogP contribution is -2.38. The number of nitrogens with zero attached hydrogens (tertiary/aromatic N) is 1. The van der Waals surface area contributed by atoms with E-state index in [9.17, 15) is 0 Å². The third-order valence-corrected chi connectivity index (χ3v) is 3.83. The number of guanidine groups is 1. The summed E-state index contributed by atoms with van der Waals surface area (Å²) in [5.74, 6) is 0.883. The summed E-state index contributed by atoms with van der Waals surface area (Å²) >= 11 is 1.71. The molecule has 126 valence electrons. The first-order chi connectivity index (χ1) is 10.9. The van der Waals surface area contributed by atoms with Crippen molar-refractivity contribution < 1.29 is 0 Å². The van der Waals surface area contributed by atoms with E-state index in [1.165, 1.54) is 11.3 Å². The normalized spacial score (nSPS) is 10.7. The number of anilines is 1. The predicted molar refractivity (Wildman–Crippen MR) is 112 cm³/mol. The van der Waals surface area contributed by atoms with Gasteiger partial charge in [0.05, 0.1) is 6.54 Å². The summed E-state index contributed by atoms with van der Waals surface area (Å²) in [4.78, 5) is 4.59.